The van der Waals surface area contributed by atoms with Gasteiger partial charge >= 0.3 is 18.0 Å². The van der Waals surface area contributed by atoms with Gasteiger partial charge in [-0.05, 0) is 24.5 Å². The van der Waals surface area contributed by atoms with E-state index >= 15 is 0 Å². The van der Waals surface area contributed by atoms with Gasteiger partial charge in [-0.3, -0.25) is 4.79 Å². The van der Waals surface area contributed by atoms with Crippen LogP contribution in [0.4, 0.5) is 4.79 Å². The molecule has 0 fully saturated rings. The number of rotatable bonds is 13. The first kappa shape index (κ1) is 28.3. The Labute approximate surface area is 210 Å². The molecule has 2 rings (SSSR count). The summed E-state index contributed by atoms with van der Waals surface area (Å²) in [6.07, 6.45) is -1.98. The monoisotopic (exact) mass is 500 g/mol. The minimum atomic E-state index is -1.25. The molecule has 0 aliphatic rings. The van der Waals surface area contributed by atoms with E-state index in [9.17, 15) is 24.3 Å². The molecule has 3 atom stereocenters. The molecule has 0 bridgehead atoms. The number of hydrogen-bond donors (Lipinski definition) is 2. The zero-order valence-corrected chi connectivity index (χ0v) is 20.6. The first-order chi connectivity index (χ1) is 17.2. The molecule has 2 aromatic rings. The molecule has 0 aliphatic carbocycles. The van der Waals surface area contributed by atoms with Crippen LogP contribution in [0.5, 0.6) is 0 Å². The van der Waals surface area contributed by atoms with Gasteiger partial charge < -0.3 is 29.5 Å². The highest BCUT2D eigenvalue weighted by Crippen LogP contribution is 2.13. The number of nitrogens with one attached hydrogen (secondary N) is 1. The van der Waals surface area contributed by atoms with Crippen LogP contribution < -0.4 is 5.32 Å². The number of alkyl carbamates (subject to hydrolysis) is 1. The molecule has 0 aromatic heterocycles. The average molecular weight is 501 g/mol. The summed E-state index contributed by atoms with van der Waals surface area (Å²) in [5, 5.41) is 12.1. The van der Waals surface area contributed by atoms with Gasteiger partial charge in [-0.25, -0.2) is 14.4 Å². The van der Waals surface area contributed by atoms with Crippen molar-refractivity contribution in [3.05, 3.63) is 71.8 Å². The van der Waals surface area contributed by atoms with Crippen molar-refractivity contribution in [3.63, 3.8) is 0 Å². The van der Waals surface area contributed by atoms with Crippen molar-refractivity contribution in [1.82, 2.24) is 10.2 Å². The predicted octanol–water partition coefficient (Wildman–Crippen LogP) is 2.75. The number of esters is 1. The van der Waals surface area contributed by atoms with Crippen molar-refractivity contribution in [2.45, 2.75) is 51.2 Å². The largest absolute Gasteiger partial charge is 0.480 e. The Morgan fingerprint density at radius 3 is 2.03 bits per heavy atom. The minimum absolute atomic E-state index is 0.00337. The van der Waals surface area contributed by atoms with Gasteiger partial charge in [-0.2, -0.15) is 0 Å². The fourth-order valence-electron chi connectivity index (χ4n) is 3.47. The molecular weight excluding hydrogens is 468 g/mol. The number of nitrogens with zero attached hydrogens (tertiary/aromatic N) is 1. The van der Waals surface area contributed by atoms with Gasteiger partial charge in [0.25, 0.3) is 0 Å². The SMILES string of the molecule is COC(=O)[C@@H](CCC(=O)N(C)[C@@H](C(=O)O)[C@@H](C)OCc1ccccc1)NC(=O)OCc1ccccc1. The zero-order chi connectivity index (χ0) is 26.5. The summed E-state index contributed by atoms with van der Waals surface area (Å²) in [4.78, 5) is 50.1. The van der Waals surface area contributed by atoms with E-state index < -0.39 is 42.1 Å². The Bertz CT molecular complexity index is 1000. The van der Waals surface area contributed by atoms with E-state index in [4.69, 9.17) is 14.2 Å². The summed E-state index contributed by atoms with van der Waals surface area (Å²) in [7, 11) is 2.52. The lowest BCUT2D eigenvalue weighted by atomic mass is 10.1. The third-order valence-corrected chi connectivity index (χ3v) is 5.50. The van der Waals surface area contributed by atoms with Crippen molar-refractivity contribution >= 4 is 23.9 Å². The number of carboxylic acid groups (broad SMARTS) is 1. The number of methoxy groups -OCH3 is 1. The van der Waals surface area contributed by atoms with E-state index in [1.807, 2.05) is 36.4 Å². The highest BCUT2D eigenvalue weighted by atomic mass is 16.6. The predicted molar refractivity (Wildman–Crippen MR) is 130 cm³/mol. The summed E-state index contributed by atoms with van der Waals surface area (Å²) < 4.78 is 15.5. The third kappa shape index (κ3) is 9.03. The number of likely N-dealkylation sites (N-methyl/N-ethyl adjacent to an activating group) is 1. The molecule has 0 unspecified atom stereocenters. The third-order valence-electron chi connectivity index (χ3n) is 5.50. The van der Waals surface area contributed by atoms with Crippen molar-refractivity contribution in [1.29, 1.82) is 0 Å². The molecule has 10 nitrogen and oxygen atoms in total. The molecule has 2 N–H and O–H groups in total. The first-order valence-electron chi connectivity index (χ1n) is 11.4. The lowest BCUT2D eigenvalue weighted by Gasteiger charge is -2.30. The van der Waals surface area contributed by atoms with E-state index in [1.54, 1.807) is 31.2 Å². The lowest BCUT2D eigenvalue weighted by Crippen LogP contribution is -2.50. The molecule has 0 aliphatic heterocycles. The average Bonchev–Trinajstić information content (AvgIpc) is 2.89. The lowest BCUT2D eigenvalue weighted by molar-refractivity contribution is -0.156. The second-order valence-electron chi connectivity index (χ2n) is 8.11. The summed E-state index contributed by atoms with van der Waals surface area (Å²) in [5.74, 6) is -2.51. The molecule has 0 saturated carbocycles. The number of hydrogen-bond acceptors (Lipinski definition) is 7. The van der Waals surface area contributed by atoms with Gasteiger partial charge in [0.15, 0.2) is 6.04 Å². The highest BCUT2D eigenvalue weighted by molar-refractivity contribution is 5.85. The highest BCUT2D eigenvalue weighted by Gasteiger charge is 2.33. The van der Waals surface area contributed by atoms with Crippen LogP contribution >= 0.6 is 0 Å². The summed E-state index contributed by atoms with van der Waals surface area (Å²) in [6.45, 7) is 1.77. The summed E-state index contributed by atoms with van der Waals surface area (Å²) in [5.41, 5.74) is 1.64. The minimum Gasteiger partial charge on any atom is -0.480 e. The molecule has 2 aromatic carbocycles. The molecule has 36 heavy (non-hydrogen) atoms. The van der Waals surface area contributed by atoms with Crippen LogP contribution in [-0.2, 0) is 41.8 Å². The van der Waals surface area contributed by atoms with Crippen molar-refractivity contribution < 1.29 is 38.5 Å². The topological polar surface area (TPSA) is 131 Å². The molecule has 0 spiro atoms. The molecule has 10 heteroatoms. The maximum absolute atomic E-state index is 12.8. The maximum Gasteiger partial charge on any atom is 0.408 e. The van der Waals surface area contributed by atoms with Gasteiger partial charge in [-0.1, -0.05) is 60.7 Å². The number of carbonyl (C=O) groups is 4. The van der Waals surface area contributed by atoms with Gasteiger partial charge in [0.2, 0.25) is 5.91 Å². The Hall–Kier alpha value is -3.92. The van der Waals surface area contributed by atoms with E-state index in [2.05, 4.69) is 5.32 Å². The van der Waals surface area contributed by atoms with Crippen LogP contribution in [0, 0.1) is 0 Å². The van der Waals surface area contributed by atoms with E-state index in [0.29, 0.717) is 0 Å². The van der Waals surface area contributed by atoms with E-state index in [-0.39, 0.29) is 26.1 Å². The van der Waals surface area contributed by atoms with Crippen molar-refractivity contribution in [2.75, 3.05) is 14.2 Å². The van der Waals surface area contributed by atoms with E-state index in [0.717, 1.165) is 23.1 Å². The second kappa shape index (κ2) is 14.5. The Kier molecular flexibility index (Phi) is 11.4. The van der Waals surface area contributed by atoms with Crippen LogP contribution in [-0.4, -0.2) is 66.3 Å². The molecule has 194 valence electrons. The Balaban J connectivity index is 1.92. The van der Waals surface area contributed by atoms with Crippen LogP contribution in [0.3, 0.4) is 0 Å². The van der Waals surface area contributed by atoms with Crippen LogP contribution in [0.15, 0.2) is 60.7 Å². The first-order valence-corrected chi connectivity index (χ1v) is 11.4. The standard InChI is InChI=1S/C26H32N2O8/c1-18(35-16-19-10-6-4-7-11-19)23(24(30)31)28(2)22(29)15-14-21(25(32)34-3)27-26(33)36-17-20-12-8-5-9-13-20/h4-13,18,21,23H,14-17H2,1-3H3,(H,27,33)(H,30,31)/t18-,21-,23-/m1/s1. The fraction of sp³-hybridized carbons (Fsp3) is 0.385. The van der Waals surface area contributed by atoms with Crippen LogP contribution in [0.25, 0.3) is 0 Å². The van der Waals surface area contributed by atoms with Gasteiger partial charge in [-0.15, -0.1) is 0 Å². The fourth-order valence-corrected chi connectivity index (χ4v) is 3.47. The van der Waals surface area contributed by atoms with Gasteiger partial charge in [0.05, 0.1) is 19.8 Å². The summed E-state index contributed by atoms with van der Waals surface area (Å²) in [6, 6.07) is 15.8. The van der Waals surface area contributed by atoms with E-state index in [1.165, 1.54) is 7.05 Å². The van der Waals surface area contributed by atoms with Crippen LogP contribution in [0.1, 0.15) is 30.9 Å². The Morgan fingerprint density at radius 2 is 1.50 bits per heavy atom. The molecular formula is C26H32N2O8. The molecule has 0 heterocycles. The number of carbonyl (C=O) groups excluding carboxylic acids is 3. The second-order valence-corrected chi connectivity index (χ2v) is 8.11. The van der Waals surface area contributed by atoms with Gasteiger partial charge in [0.1, 0.15) is 12.6 Å². The number of benzene rings is 2. The smallest absolute Gasteiger partial charge is 0.408 e. The van der Waals surface area contributed by atoms with Crippen molar-refractivity contribution in [3.8, 4) is 0 Å². The quantitative estimate of drug-likeness (QED) is 0.402. The Morgan fingerprint density at radius 1 is 0.944 bits per heavy atom. The van der Waals surface area contributed by atoms with Crippen LogP contribution in [0.2, 0.25) is 0 Å². The number of carboxylic acids is 1. The number of aliphatic carboxylic acids is 1. The molecule has 0 saturated heterocycles. The van der Waals surface area contributed by atoms with Gasteiger partial charge in [0, 0.05) is 13.5 Å². The maximum atomic E-state index is 12.8. The summed E-state index contributed by atoms with van der Waals surface area (Å²) >= 11 is 0. The van der Waals surface area contributed by atoms with Crippen molar-refractivity contribution in [2.24, 2.45) is 0 Å². The molecule has 0 radical (unpaired) electrons. The molecule has 2 amide bonds. The number of amides is 2. The number of ether oxygens (including phenoxy) is 3. The normalized spacial score (nSPS) is 13.1. The zero-order valence-electron chi connectivity index (χ0n) is 20.6.